The fourth-order valence-corrected chi connectivity index (χ4v) is 7.74. The second-order valence-corrected chi connectivity index (χ2v) is 18.6. The van der Waals surface area contributed by atoms with Gasteiger partial charge in [0.2, 0.25) is 5.91 Å². The minimum atomic E-state index is -1.66. The summed E-state index contributed by atoms with van der Waals surface area (Å²) < 4.78 is 17.5. The lowest BCUT2D eigenvalue weighted by atomic mass is 9.99. The van der Waals surface area contributed by atoms with Crippen LogP contribution in [0.25, 0.3) is 0 Å². The van der Waals surface area contributed by atoms with Gasteiger partial charge in [0.1, 0.15) is 24.4 Å². The van der Waals surface area contributed by atoms with Gasteiger partial charge in [-0.2, -0.15) is 0 Å². The van der Waals surface area contributed by atoms with Crippen molar-refractivity contribution in [2.45, 2.75) is 230 Å². The molecule has 0 aromatic heterocycles. The van der Waals surface area contributed by atoms with E-state index in [0.29, 0.717) is 19.3 Å². The SMILES string of the molecule is CC/C=C\C/C=C\C/C=C\C/C=C\C/C=C\C/C=C\CCC(=O)OC1C(OCC(NC(=O)C(O)CCCC\C=C/C=C\C=C\C=C\CC)C(O)/C=C/CCCCCCCCCCCCC)OC(CO)C(O)C1O. The molecule has 1 rings (SSSR count). The lowest BCUT2D eigenvalue weighted by Gasteiger charge is -2.41. The highest BCUT2D eigenvalue weighted by Gasteiger charge is 2.47. The number of hydrogen-bond donors (Lipinski definition) is 6. The van der Waals surface area contributed by atoms with Crippen LogP contribution in [0.15, 0.2) is 134 Å². The van der Waals surface area contributed by atoms with Crippen LogP contribution in [0.1, 0.15) is 181 Å². The quantitative estimate of drug-likeness (QED) is 0.0149. The highest BCUT2D eigenvalue weighted by molar-refractivity contribution is 5.80. The first-order chi connectivity index (χ1) is 35.7. The summed E-state index contributed by atoms with van der Waals surface area (Å²) in [6, 6.07) is -1.07. The standard InChI is InChI=1S/C62H99NO10/c1-4-7-10-13-16-19-22-25-26-27-28-29-30-32-35-38-41-44-47-50-57(67)73-60-59(69)58(68)56(51-64)72-62(60)71-52-53(54(65)48-45-42-39-36-34-31-23-20-17-14-11-8-5-2)63-61(70)55(66)49-46-43-40-37-33-24-21-18-15-12-9-6-3/h7,9-10,12,15-16,18-19,21,24-26,28-29,32-33,35,37,41,44-45,48,53-56,58-60,62,64-66,68-69H,4-6,8,11,13-14,17,20,22-23,27,30-31,34,36,38-40,42-43,46-47,49-52H2,1-3H3,(H,63,70)/b10-7-,12-9+,18-15+,19-16-,24-21-,26-25-,29-28-,35-32-,37-33-,44-41-,48-45+. The molecular formula is C62H99NO10. The Hall–Kier alpha value is -4.20. The summed E-state index contributed by atoms with van der Waals surface area (Å²) in [5.74, 6) is -1.34. The van der Waals surface area contributed by atoms with Gasteiger partial charge in [0.05, 0.1) is 25.4 Å². The zero-order chi connectivity index (χ0) is 53.3. The number of carbonyl (C=O) groups is 2. The maximum Gasteiger partial charge on any atom is 0.306 e. The van der Waals surface area contributed by atoms with Gasteiger partial charge >= 0.3 is 5.97 Å². The van der Waals surface area contributed by atoms with Crippen LogP contribution in [0.4, 0.5) is 0 Å². The van der Waals surface area contributed by atoms with Gasteiger partial charge in [-0.15, -0.1) is 0 Å². The average molecular weight is 1020 g/mol. The number of aliphatic hydroxyl groups excluding tert-OH is 5. The highest BCUT2D eigenvalue weighted by atomic mass is 16.7. The third-order valence-corrected chi connectivity index (χ3v) is 12.2. The van der Waals surface area contributed by atoms with Crippen molar-refractivity contribution in [3.63, 3.8) is 0 Å². The molecule has 0 spiro atoms. The molecular weight excluding hydrogens is 919 g/mol. The van der Waals surface area contributed by atoms with Crippen LogP contribution in [0, 0.1) is 0 Å². The van der Waals surface area contributed by atoms with E-state index in [1.54, 1.807) is 6.08 Å². The molecule has 11 nitrogen and oxygen atoms in total. The van der Waals surface area contributed by atoms with Gasteiger partial charge in [0.15, 0.2) is 12.4 Å². The molecule has 1 amide bonds. The van der Waals surface area contributed by atoms with Crippen LogP contribution in [0.3, 0.4) is 0 Å². The molecule has 73 heavy (non-hydrogen) atoms. The molecule has 0 aliphatic carbocycles. The monoisotopic (exact) mass is 1020 g/mol. The van der Waals surface area contributed by atoms with Crippen molar-refractivity contribution in [2.75, 3.05) is 13.2 Å². The van der Waals surface area contributed by atoms with Crippen LogP contribution < -0.4 is 5.32 Å². The van der Waals surface area contributed by atoms with E-state index in [1.807, 2.05) is 60.8 Å². The summed E-state index contributed by atoms with van der Waals surface area (Å²) >= 11 is 0. The maximum atomic E-state index is 13.3. The maximum absolute atomic E-state index is 13.3. The third-order valence-electron chi connectivity index (χ3n) is 12.2. The molecule has 1 saturated heterocycles. The molecule has 1 aliphatic heterocycles. The Morgan fingerprint density at radius 1 is 0.562 bits per heavy atom. The first-order valence-electron chi connectivity index (χ1n) is 28.0. The van der Waals surface area contributed by atoms with Crippen LogP contribution in [-0.2, 0) is 23.8 Å². The predicted octanol–water partition coefficient (Wildman–Crippen LogP) is 12.5. The second kappa shape index (κ2) is 48.7. The fraction of sp³-hybridized carbons (Fsp3) is 0.613. The summed E-state index contributed by atoms with van der Waals surface area (Å²) in [5, 5.41) is 56.7. The van der Waals surface area contributed by atoms with Gasteiger partial charge in [-0.1, -0.05) is 225 Å². The Morgan fingerprint density at radius 3 is 1.62 bits per heavy atom. The van der Waals surface area contributed by atoms with E-state index >= 15 is 0 Å². The van der Waals surface area contributed by atoms with Crippen LogP contribution >= 0.6 is 0 Å². The van der Waals surface area contributed by atoms with Crippen molar-refractivity contribution in [1.82, 2.24) is 5.32 Å². The third kappa shape index (κ3) is 37.2. The molecule has 0 saturated carbocycles. The van der Waals surface area contributed by atoms with E-state index in [4.69, 9.17) is 14.2 Å². The normalized spacial score (nSPS) is 20.5. The minimum Gasteiger partial charge on any atom is -0.454 e. The zero-order valence-electron chi connectivity index (χ0n) is 45.2. The van der Waals surface area contributed by atoms with E-state index in [9.17, 15) is 35.1 Å². The van der Waals surface area contributed by atoms with E-state index in [2.05, 4.69) is 92.9 Å². The number of nitrogens with one attached hydrogen (secondary N) is 1. The molecule has 8 unspecified atom stereocenters. The Bertz CT molecular complexity index is 1690. The molecule has 412 valence electrons. The summed E-state index contributed by atoms with van der Waals surface area (Å²) in [4.78, 5) is 26.4. The predicted molar refractivity (Wildman–Crippen MR) is 301 cm³/mol. The molecule has 1 heterocycles. The first-order valence-corrected chi connectivity index (χ1v) is 28.0. The Balaban J connectivity index is 2.82. The van der Waals surface area contributed by atoms with E-state index < -0.39 is 67.4 Å². The van der Waals surface area contributed by atoms with E-state index in [0.717, 1.165) is 77.0 Å². The van der Waals surface area contributed by atoms with Gasteiger partial charge < -0.3 is 45.1 Å². The average Bonchev–Trinajstić information content (AvgIpc) is 3.39. The molecule has 8 atom stereocenters. The largest absolute Gasteiger partial charge is 0.454 e. The molecule has 0 radical (unpaired) electrons. The zero-order valence-corrected chi connectivity index (χ0v) is 45.2. The minimum absolute atomic E-state index is 0.0149. The van der Waals surface area contributed by atoms with Gasteiger partial charge in [-0.05, 0) is 83.5 Å². The summed E-state index contributed by atoms with van der Waals surface area (Å²) in [5.41, 5.74) is 0. The van der Waals surface area contributed by atoms with Crippen molar-refractivity contribution < 1.29 is 49.3 Å². The van der Waals surface area contributed by atoms with E-state index in [-0.39, 0.29) is 19.4 Å². The van der Waals surface area contributed by atoms with Gasteiger partial charge in [0.25, 0.3) is 0 Å². The summed E-state index contributed by atoms with van der Waals surface area (Å²) in [7, 11) is 0. The van der Waals surface area contributed by atoms with Crippen LogP contribution in [0.5, 0.6) is 0 Å². The topological polar surface area (TPSA) is 175 Å². The van der Waals surface area contributed by atoms with Crippen molar-refractivity contribution >= 4 is 11.9 Å². The molecule has 6 N–H and O–H groups in total. The van der Waals surface area contributed by atoms with Crippen LogP contribution in [0.2, 0.25) is 0 Å². The Labute approximate surface area is 442 Å². The van der Waals surface area contributed by atoms with E-state index in [1.165, 1.54) is 51.4 Å². The smallest absolute Gasteiger partial charge is 0.306 e. The Kier molecular flexibility index (Phi) is 44.6. The fourth-order valence-electron chi connectivity index (χ4n) is 7.74. The highest BCUT2D eigenvalue weighted by Crippen LogP contribution is 2.26. The van der Waals surface area contributed by atoms with Crippen molar-refractivity contribution in [1.29, 1.82) is 0 Å². The Morgan fingerprint density at radius 2 is 1.05 bits per heavy atom. The molecule has 0 aromatic carbocycles. The lowest BCUT2D eigenvalue weighted by molar-refractivity contribution is -0.305. The van der Waals surface area contributed by atoms with Crippen LogP contribution in [-0.4, -0.2) is 99.6 Å². The molecule has 11 heteroatoms. The number of esters is 1. The molecule has 1 fully saturated rings. The molecule has 1 aliphatic rings. The van der Waals surface area contributed by atoms with Gasteiger partial charge in [-0.3, -0.25) is 9.59 Å². The van der Waals surface area contributed by atoms with Crippen molar-refractivity contribution in [3.8, 4) is 0 Å². The van der Waals surface area contributed by atoms with Gasteiger partial charge in [-0.25, -0.2) is 0 Å². The summed E-state index contributed by atoms with van der Waals surface area (Å²) in [6.07, 6.45) is 58.0. The number of hydrogen-bond acceptors (Lipinski definition) is 10. The summed E-state index contributed by atoms with van der Waals surface area (Å²) in [6.45, 7) is 5.43. The number of allylic oxidation sites excluding steroid dienone is 21. The second-order valence-electron chi connectivity index (χ2n) is 18.6. The number of unbranched alkanes of at least 4 members (excludes halogenated alkanes) is 13. The lowest BCUT2D eigenvalue weighted by Crippen LogP contribution is -2.61. The number of rotatable bonds is 44. The number of amides is 1. The number of ether oxygens (including phenoxy) is 3. The number of aliphatic hydroxyl groups is 5. The van der Waals surface area contributed by atoms with Crippen molar-refractivity contribution in [2.24, 2.45) is 0 Å². The molecule has 0 bridgehead atoms. The van der Waals surface area contributed by atoms with Gasteiger partial charge in [0, 0.05) is 6.42 Å². The first kappa shape index (κ1) is 66.8. The molecule has 0 aromatic rings. The van der Waals surface area contributed by atoms with Crippen molar-refractivity contribution in [3.05, 3.63) is 134 Å². The number of carbonyl (C=O) groups excluding carboxylic acids is 2.